The van der Waals surface area contributed by atoms with Crippen LogP contribution in [0.1, 0.15) is 16.7 Å². The molecule has 3 aromatic carbocycles. The van der Waals surface area contributed by atoms with Gasteiger partial charge in [0.2, 0.25) is 5.91 Å². The molecule has 0 spiro atoms. The summed E-state index contributed by atoms with van der Waals surface area (Å²) in [6, 6.07) is 25.3. The van der Waals surface area contributed by atoms with E-state index in [4.69, 9.17) is 0 Å². The van der Waals surface area contributed by atoms with Gasteiger partial charge in [0, 0.05) is 49.8 Å². The smallest absolute Gasteiger partial charge is 0.242 e. The predicted molar refractivity (Wildman–Crippen MR) is 142 cm³/mol. The third-order valence-electron chi connectivity index (χ3n) is 6.97. The Hall–Kier alpha value is -3.42. The van der Waals surface area contributed by atoms with Crippen LogP contribution >= 0.6 is 0 Å². The third-order valence-corrected chi connectivity index (χ3v) is 8.66. The molecule has 0 saturated carbocycles. The Morgan fingerprint density at radius 3 is 2.25 bits per heavy atom. The first-order valence-electron chi connectivity index (χ1n) is 12.3. The number of amides is 1. The van der Waals surface area contributed by atoms with Crippen molar-refractivity contribution in [2.24, 2.45) is 0 Å². The van der Waals surface area contributed by atoms with E-state index in [0.29, 0.717) is 18.5 Å². The van der Waals surface area contributed by atoms with Gasteiger partial charge in [-0.1, -0.05) is 72.8 Å². The summed E-state index contributed by atoms with van der Waals surface area (Å²) in [5.74, 6) is -0.0525. The highest BCUT2D eigenvalue weighted by Gasteiger charge is 2.25. The van der Waals surface area contributed by atoms with Gasteiger partial charge in [-0.3, -0.25) is 9.69 Å². The summed E-state index contributed by atoms with van der Waals surface area (Å²) in [5.41, 5.74) is 3.78. The fourth-order valence-corrected chi connectivity index (χ4v) is 6.57. The summed E-state index contributed by atoms with van der Waals surface area (Å²) in [6.45, 7) is 5.91. The molecule has 0 radical (unpaired) electrons. The van der Waals surface area contributed by atoms with Gasteiger partial charge in [-0.25, -0.2) is 8.42 Å². The molecule has 0 N–H and O–H groups in total. The highest BCUT2D eigenvalue weighted by Crippen LogP contribution is 2.29. The number of benzene rings is 3. The summed E-state index contributed by atoms with van der Waals surface area (Å²) in [6.07, 6.45) is 1.64. The molecule has 0 aliphatic carbocycles. The van der Waals surface area contributed by atoms with Crippen molar-refractivity contribution in [2.45, 2.75) is 30.7 Å². The van der Waals surface area contributed by atoms with Crippen LogP contribution in [0.15, 0.2) is 90.0 Å². The van der Waals surface area contributed by atoms with E-state index in [2.05, 4.69) is 17.0 Å². The Morgan fingerprint density at radius 2 is 1.50 bits per heavy atom. The lowest BCUT2D eigenvalue weighted by Gasteiger charge is -2.35. The van der Waals surface area contributed by atoms with E-state index < -0.39 is 9.84 Å². The summed E-state index contributed by atoms with van der Waals surface area (Å²) in [4.78, 5) is 17.7. The first kappa shape index (κ1) is 24.3. The van der Waals surface area contributed by atoms with Crippen LogP contribution in [0.5, 0.6) is 0 Å². The van der Waals surface area contributed by atoms with Crippen LogP contribution in [-0.2, 0) is 33.5 Å². The van der Waals surface area contributed by atoms with E-state index in [1.807, 2.05) is 78.6 Å². The molecule has 1 aliphatic rings. The first-order valence-corrected chi connectivity index (χ1v) is 14.0. The van der Waals surface area contributed by atoms with Crippen molar-refractivity contribution in [3.8, 4) is 0 Å². The van der Waals surface area contributed by atoms with Gasteiger partial charge in [0.25, 0.3) is 0 Å². The molecule has 36 heavy (non-hydrogen) atoms. The van der Waals surface area contributed by atoms with Crippen molar-refractivity contribution < 1.29 is 13.2 Å². The van der Waals surface area contributed by atoms with Gasteiger partial charge in [-0.05, 0) is 29.7 Å². The monoisotopic (exact) mass is 501 g/mol. The second kappa shape index (κ2) is 10.3. The molecular weight excluding hydrogens is 470 g/mol. The first-order chi connectivity index (χ1) is 17.4. The van der Waals surface area contributed by atoms with Gasteiger partial charge in [0.15, 0.2) is 9.84 Å². The molecule has 5 rings (SSSR count). The molecule has 1 aromatic heterocycles. The van der Waals surface area contributed by atoms with E-state index in [1.165, 1.54) is 5.56 Å². The summed E-state index contributed by atoms with van der Waals surface area (Å²) in [5, 5.41) is 0.659. The molecule has 1 aliphatic heterocycles. The standard InChI is InChI=1S/C29H31N3O3S/c1-23-9-5-6-12-25(23)22-36(34,35)28-20-32(27-14-8-7-13-26(27)28)21-29(33)31-17-15-30(16-18-31)19-24-10-3-2-4-11-24/h2-14,20H,15-19,21-22H2,1H3. The zero-order valence-electron chi connectivity index (χ0n) is 20.5. The Labute approximate surface area is 212 Å². The van der Waals surface area contributed by atoms with E-state index in [0.717, 1.165) is 36.3 Å². The Kier molecular flexibility index (Phi) is 6.94. The second-order valence-electron chi connectivity index (χ2n) is 9.47. The number of sulfone groups is 1. The highest BCUT2D eigenvalue weighted by molar-refractivity contribution is 7.90. The number of carbonyl (C=O) groups excluding carboxylic acids is 1. The number of aromatic nitrogens is 1. The third kappa shape index (κ3) is 5.22. The number of carbonyl (C=O) groups is 1. The Balaban J connectivity index is 1.31. The number of rotatable bonds is 7. The van der Waals surface area contributed by atoms with Gasteiger partial charge < -0.3 is 9.47 Å². The minimum absolute atomic E-state index is 0.0120. The maximum Gasteiger partial charge on any atom is 0.242 e. The maximum absolute atomic E-state index is 13.4. The van der Waals surface area contributed by atoms with Gasteiger partial charge in [0.05, 0.1) is 10.6 Å². The summed E-state index contributed by atoms with van der Waals surface area (Å²) in [7, 11) is -3.59. The lowest BCUT2D eigenvalue weighted by molar-refractivity contribution is -0.133. The van der Waals surface area contributed by atoms with Crippen LogP contribution in [0.2, 0.25) is 0 Å². The molecule has 0 bridgehead atoms. The molecule has 1 fully saturated rings. The van der Waals surface area contributed by atoms with Crippen LogP contribution in [-0.4, -0.2) is 54.9 Å². The van der Waals surface area contributed by atoms with E-state index in [-0.39, 0.29) is 23.1 Å². The normalized spacial score (nSPS) is 14.9. The fourth-order valence-electron chi connectivity index (χ4n) is 4.89. The van der Waals surface area contributed by atoms with Gasteiger partial charge in [0.1, 0.15) is 6.54 Å². The van der Waals surface area contributed by atoms with Crippen molar-refractivity contribution in [2.75, 3.05) is 26.2 Å². The second-order valence-corrected chi connectivity index (χ2v) is 11.4. The zero-order chi connectivity index (χ0) is 25.1. The lowest BCUT2D eigenvalue weighted by Crippen LogP contribution is -2.49. The summed E-state index contributed by atoms with van der Waals surface area (Å²) < 4.78 is 28.7. The largest absolute Gasteiger partial charge is 0.339 e. The van der Waals surface area contributed by atoms with Gasteiger partial charge in [-0.2, -0.15) is 0 Å². The Bertz CT molecular complexity index is 1470. The zero-order valence-corrected chi connectivity index (χ0v) is 21.3. The Morgan fingerprint density at radius 1 is 0.833 bits per heavy atom. The van der Waals surface area contributed by atoms with Crippen molar-refractivity contribution in [1.82, 2.24) is 14.4 Å². The molecular formula is C29H31N3O3S. The van der Waals surface area contributed by atoms with E-state index in [1.54, 1.807) is 10.8 Å². The molecule has 0 unspecified atom stereocenters. The van der Waals surface area contributed by atoms with Crippen LogP contribution in [0.3, 0.4) is 0 Å². The molecule has 2 heterocycles. The fraction of sp³-hybridized carbons (Fsp3) is 0.276. The topological polar surface area (TPSA) is 62.6 Å². The maximum atomic E-state index is 13.4. The molecule has 6 nitrogen and oxygen atoms in total. The molecule has 1 amide bonds. The van der Waals surface area contributed by atoms with Crippen LogP contribution in [0.4, 0.5) is 0 Å². The molecule has 7 heteroatoms. The van der Waals surface area contributed by atoms with Crippen molar-refractivity contribution in [3.05, 3.63) is 102 Å². The average Bonchev–Trinajstić information content (AvgIpc) is 3.26. The summed E-state index contributed by atoms with van der Waals surface area (Å²) >= 11 is 0. The molecule has 4 aromatic rings. The van der Waals surface area contributed by atoms with Crippen LogP contribution in [0.25, 0.3) is 10.9 Å². The predicted octanol–water partition coefficient (Wildman–Crippen LogP) is 4.27. The van der Waals surface area contributed by atoms with E-state index >= 15 is 0 Å². The number of hydrogen-bond donors (Lipinski definition) is 0. The minimum atomic E-state index is -3.59. The lowest BCUT2D eigenvalue weighted by atomic mass is 10.1. The highest BCUT2D eigenvalue weighted by atomic mass is 32.2. The van der Waals surface area contributed by atoms with Crippen molar-refractivity contribution in [3.63, 3.8) is 0 Å². The number of nitrogens with zero attached hydrogens (tertiary/aromatic N) is 3. The quantitative estimate of drug-likeness (QED) is 0.380. The van der Waals surface area contributed by atoms with Crippen molar-refractivity contribution >= 4 is 26.6 Å². The number of fused-ring (bicyclic) bond motifs is 1. The van der Waals surface area contributed by atoms with Gasteiger partial charge >= 0.3 is 0 Å². The SMILES string of the molecule is Cc1ccccc1CS(=O)(=O)c1cn(CC(=O)N2CCN(Cc3ccccc3)CC2)c2ccccc12. The van der Waals surface area contributed by atoms with Crippen LogP contribution in [0, 0.1) is 6.92 Å². The minimum Gasteiger partial charge on any atom is -0.339 e. The number of hydrogen-bond acceptors (Lipinski definition) is 4. The average molecular weight is 502 g/mol. The number of piperazine rings is 1. The molecule has 186 valence electrons. The molecule has 1 saturated heterocycles. The number of para-hydroxylation sites is 1. The van der Waals surface area contributed by atoms with Crippen molar-refractivity contribution in [1.29, 1.82) is 0 Å². The van der Waals surface area contributed by atoms with E-state index in [9.17, 15) is 13.2 Å². The van der Waals surface area contributed by atoms with Gasteiger partial charge in [-0.15, -0.1) is 0 Å². The number of aryl methyl sites for hydroxylation is 1. The molecule has 0 atom stereocenters. The van der Waals surface area contributed by atoms with Crippen LogP contribution < -0.4 is 0 Å².